The fourth-order valence-electron chi connectivity index (χ4n) is 2.29. The molecule has 0 atom stereocenters. The summed E-state index contributed by atoms with van der Waals surface area (Å²) >= 11 is 0. The molecule has 0 radical (unpaired) electrons. The van der Waals surface area contributed by atoms with E-state index in [-0.39, 0.29) is 12.5 Å². The van der Waals surface area contributed by atoms with E-state index in [2.05, 4.69) is 15.6 Å². The van der Waals surface area contributed by atoms with E-state index in [1.165, 1.54) is 19.3 Å². The number of guanidine groups is 1. The standard InChI is InChI=1S/C14H26N4O/c1-2-15-14(16-10-12-6-7-12)17-11-13(19)18-8-4-3-5-9-18/h12H,2-11H2,1H3,(H2,15,16,17). The van der Waals surface area contributed by atoms with Crippen LogP contribution in [0.2, 0.25) is 0 Å². The van der Waals surface area contributed by atoms with E-state index in [0.29, 0.717) is 0 Å². The van der Waals surface area contributed by atoms with Crippen LogP contribution in [-0.4, -0.2) is 49.5 Å². The van der Waals surface area contributed by atoms with E-state index in [0.717, 1.165) is 50.9 Å². The Labute approximate surface area is 115 Å². The smallest absolute Gasteiger partial charge is 0.244 e. The summed E-state index contributed by atoms with van der Waals surface area (Å²) in [6.45, 7) is 5.92. The van der Waals surface area contributed by atoms with Crippen LogP contribution in [0.15, 0.2) is 4.99 Å². The minimum atomic E-state index is 0.156. The van der Waals surface area contributed by atoms with Gasteiger partial charge in [-0.15, -0.1) is 0 Å². The zero-order valence-electron chi connectivity index (χ0n) is 12.0. The van der Waals surface area contributed by atoms with Crippen LogP contribution in [-0.2, 0) is 4.79 Å². The maximum absolute atomic E-state index is 12.0. The molecule has 108 valence electrons. The first-order valence-electron chi connectivity index (χ1n) is 7.59. The molecule has 1 heterocycles. The highest BCUT2D eigenvalue weighted by Gasteiger charge is 2.21. The molecule has 0 aromatic rings. The van der Waals surface area contributed by atoms with Crippen LogP contribution in [0.3, 0.4) is 0 Å². The van der Waals surface area contributed by atoms with E-state index in [9.17, 15) is 4.79 Å². The van der Waals surface area contributed by atoms with Crippen LogP contribution in [0.1, 0.15) is 39.0 Å². The zero-order valence-corrected chi connectivity index (χ0v) is 12.0. The number of hydrogen-bond donors (Lipinski definition) is 2. The number of piperidine rings is 1. The van der Waals surface area contributed by atoms with Crippen molar-refractivity contribution >= 4 is 11.9 Å². The molecule has 1 aliphatic heterocycles. The molecule has 2 rings (SSSR count). The number of rotatable bonds is 5. The lowest BCUT2D eigenvalue weighted by molar-refractivity contribution is -0.130. The molecule has 2 N–H and O–H groups in total. The Morgan fingerprint density at radius 1 is 1.21 bits per heavy atom. The number of nitrogens with one attached hydrogen (secondary N) is 2. The average Bonchev–Trinajstić information content (AvgIpc) is 3.26. The first-order valence-corrected chi connectivity index (χ1v) is 7.59. The van der Waals surface area contributed by atoms with Gasteiger partial charge in [0.25, 0.3) is 0 Å². The van der Waals surface area contributed by atoms with Crippen molar-refractivity contribution < 1.29 is 4.79 Å². The van der Waals surface area contributed by atoms with Crippen molar-refractivity contribution in [3.8, 4) is 0 Å². The van der Waals surface area contributed by atoms with Crippen LogP contribution in [0.5, 0.6) is 0 Å². The fraction of sp³-hybridized carbons (Fsp3) is 0.857. The van der Waals surface area contributed by atoms with Crippen molar-refractivity contribution in [2.24, 2.45) is 10.9 Å². The molecule has 0 spiro atoms. The average molecular weight is 266 g/mol. The van der Waals surface area contributed by atoms with Gasteiger partial charge in [0.05, 0.1) is 0 Å². The molecule has 1 saturated carbocycles. The van der Waals surface area contributed by atoms with Crippen molar-refractivity contribution in [2.45, 2.75) is 39.0 Å². The molecule has 1 amide bonds. The third-order valence-electron chi connectivity index (χ3n) is 3.68. The lowest BCUT2D eigenvalue weighted by Crippen LogP contribution is -2.41. The summed E-state index contributed by atoms with van der Waals surface area (Å²) in [5.41, 5.74) is 0. The van der Waals surface area contributed by atoms with Crippen LogP contribution < -0.4 is 10.6 Å². The molecule has 19 heavy (non-hydrogen) atoms. The number of hydrogen-bond acceptors (Lipinski definition) is 2. The minimum Gasteiger partial charge on any atom is -0.357 e. The van der Waals surface area contributed by atoms with Gasteiger partial charge in [0, 0.05) is 26.2 Å². The van der Waals surface area contributed by atoms with E-state index < -0.39 is 0 Å². The van der Waals surface area contributed by atoms with Gasteiger partial charge in [0.2, 0.25) is 5.91 Å². The van der Waals surface area contributed by atoms with Gasteiger partial charge in [-0.25, -0.2) is 4.99 Å². The summed E-state index contributed by atoms with van der Waals surface area (Å²) in [6, 6.07) is 0. The maximum Gasteiger partial charge on any atom is 0.244 e. The van der Waals surface area contributed by atoms with Crippen molar-refractivity contribution in [2.75, 3.05) is 32.7 Å². The van der Waals surface area contributed by atoms with Crippen molar-refractivity contribution in [1.82, 2.24) is 15.5 Å². The van der Waals surface area contributed by atoms with Crippen LogP contribution in [0, 0.1) is 5.92 Å². The largest absolute Gasteiger partial charge is 0.357 e. The predicted molar refractivity (Wildman–Crippen MR) is 77.1 cm³/mol. The second-order valence-corrected chi connectivity index (χ2v) is 5.46. The minimum absolute atomic E-state index is 0.156. The molecule has 0 aromatic heterocycles. The second kappa shape index (κ2) is 7.36. The molecular weight excluding hydrogens is 240 g/mol. The molecule has 2 fully saturated rings. The molecule has 1 saturated heterocycles. The first-order chi connectivity index (χ1) is 9.29. The number of nitrogens with zero attached hydrogens (tertiary/aromatic N) is 2. The molecule has 5 nitrogen and oxygen atoms in total. The van der Waals surface area contributed by atoms with E-state index in [1.807, 2.05) is 11.8 Å². The monoisotopic (exact) mass is 266 g/mol. The van der Waals surface area contributed by atoms with Gasteiger partial charge in [-0.3, -0.25) is 4.79 Å². The van der Waals surface area contributed by atoms with Crippen LogP contribution in [0.4, 0.5) is 0 Å². The van der Waals surface area contributed by atoms with E-state index in [4.69, 9.17) is 0 Å². The number of aliphatic imine (C=N–C) groups is 1. The van der Waals surface area contributed by atoms with Crippen molar-refractivity contribution in [3.63, 3.8) is 0 Å². The first kappa shape index (κ1) is 14.2. The Bertz CT molecular complexity index is 319. The Kier molecular flexibility index (Phi) is 5.48. The number of likely N-dealkylation sites (tertiary alicyclic amines) is 1. The Balaban J connectivity index is 1.76. The Morgan fingerprint density at radius 3 is 2.58 bits per heavy atom. The van der Waals surface area contributed by atoms with Gasteiger partial charge in [-0.2, -0.15) is 0 Å². The highest BCUT2D eigenvalue weighted by atomic mass is 16.2. The summed E-state index contributed by atoms with van der Waals surface area (Å²) in [7, 11) is 0. The lowest BCUT2D eigenvalue weighted by atomic mass is 10.1. The summed E-state index contributed by atoms with van der Waals surface area (Å²) in [6.07, 6.45) is 6.15. The SMILES string of the molecule is CCNC(=NCC(=O)N1CCCCC1)NCC1CC1. The highest BCUT2D eigenvalue weighted by molar-refractivity contribution is 5.85. The Hall–Kier alpha value is -1.26. The molecule has 2 aliphatic rings. The van der Waals surface area contributed by atoms with Gasteiger partial charge in [0.1, 0.15) is 6.54 Å². The van der Waals surface area contributed by atoms with Gasteiger partial charge >= 0.3 is 0 Å². The number of amides is 1. The molecule has 5 heteroatoms. The lowest BCUT2D eigenvalue weighted by Gasteiger charge is -2.26. The summed E-state index contributed by atoms with van der Waals surface area (Å²) in [5, 5.41) is 6.50. The quantitative estimate of drug-likeness (QED) is 0.576. The Morgan fingerprint density at radius 2 is 1.95 bits per heavy atom. The van der Waals surface area contributed by atoms with Crippen LogP contribution in [0.25, 0.3) is 0 Å². The highest BCUT2D eigenvalue weighted by Crippen LogP contribution is 2.27. The fourth-order valence-corrected chi connectivity index (χ4v) is 2.29. The maximum atomic E-state index is 12.0. The summed E-state index contributed by atoms with van der Waals surface area (Å²) in [5.74, 6) is 1.74. The molecule has 0 aromatic carbocycles. The normalized spacial score (nSPS) is 20.3. The van der Waals surface area contributed by atoms with Crippen LogP contribution >= 0.6 is 0 Å². The van der Waals surface area contributed by atoms with Gasteiger partial charge < -0.3 is 15.5 Å². The van der Waals surface area contributed by atoms with Gasteiger partial charge in [0.15, 0.2) is 5.96 Å². The van der Waals surface area contributed by atoms with Crippen molar-refractivity contribution in [1.29, 1.82) is 0 Å². The van der Waals surface area contributed by atoms with E-state index >= 15 is 0 Å². The summed E-state index contributed by atoms with van der Waals surface area (Å²) < 4.78 is 0. The molecular formula is C14H26N4O. The third kappa shape index (κ3) is 5.09. The van der Waals surface area contributed by atoms with Crippen molar-refractivity contribution in [3.05, 3.63) is 0 Å². The third-order valence-corrected chi connectivity index (χ3v) is 3.68. The summed E-state index contributed by atoms with van der Waals surface area (Å²) in [4.78, 5) is 18.4. The molecule has 0 bridgehead atoms. The zero-order chi connectivity index (χ0) is 13.5. The molecule has 0 unspecified atom stereocenters. The predicted octanol–water partition coefficient (Wildman–Crippen LogP) is 0.964. The van der Waals surface area contributed by atoms with E-state index in [1.54, 1.807) is 0 Å². The topological polar surface area (TPSA) is 56.7 Å². The van der Waals surface area contributed by atoms with Gasteiger partial charge in [-0.1, -0.05) is 0 Å². The number of carbonyl (C=O) groups excluding carboxylic acids is 1. The number of carbonyl (C=O) groups is 1. The second-order valence-electron chi connectivity index (χ2n) is 5.46. The van der Waals surface area contributed by atoms with Gasteiger partial charge in [-0.05, 0) is 44.9 Å². The molecule has 1 aliphatic carbocycles.